The van der Waals surface area contributed by atoms with Crippen LogP contribution < -0.4 is 5.73 Å². The predicted octanol–water partition coefficient (Wildman–Crippen LogP) is 1.53. The van der Waals surface area contributed by atoms with Crippen molar-refractivity contribution in [2.45, 2.75) is 32.6 Å². The summed E-state index contributed by atoms with van der Waals surface area (Å²) in [4.78, 5) is 15.6. The zero-order chi connectivity index (χ0) is 11.8. The van der Waals surface area contributed by atoms with Crippen LogP contribution >= 0.6 is 11.3 Å². The number of aryl methyl sites for hydroxylation is 1. The van der Waals surface area contributed by atoms with Gasteiger partial charge in [0, 0.05) is 5.38 Å². The van der Waals surface area contributed by atoms with Crippen LogP contribution in [0.3, 0.4) is 0 Å². The minimum atomic E-state index is -0.207. The lowest BCUT2D eigenvalue weighted by atomic mass is 10.2. The highest BCUT2D eigenvalue weighted by Gasteiger charge is 2.07. The maximum absolute atomic E-state index is 11.2. The molecule has 0 spiro atoms. The van der Waals surface area contributed by atoms with Gasteiger partial charge in [0.05, 0.1) is 23.7 Å². The van der Waals surface area contributed by atoms with Crippen molar-refractivity contribution in [3.63, 3.8) is 0 Å². The number of rotatable bonds is 7. The fourth-order valence-electron chi connectivity index (χ4n) is 1.33. The molecule has 0 aromatic carbocycles. The third-order valence-corrected chi connectivity index (χ3v) is 3.03. The van der Waals surface area contributed by atoms with E-state index in [4.69, 9.17) is 10.5 Å². The van der Waals surface area contributed by atoms with E-state index >= 15 is 0 Å². The lowest BCUT2D eigenvalue weighted by Crippen LogP contribution is -2.07. The molecule has 1 aromatic rings. The van der Waals surface area contributed by atoms with Gasteiger partial charge in [-0.2, -0.15) is 0 Å². The molecule has 0 saturated heterocycles. The summed E-state index contributed by atoms with van der Waals surface area (Å²) in [5.41, 5.74) is 6.23. The number of hydrogen-bond donors (Lipinski definition) is 1. The van der Waals surface area contributed by atoms with Gasteiger partial charge < -0.3 is 10.5 Å². The second kappa shape index (κ2) is 7.35. The Morgan fingerprint density at radius 3 is 3.06 bits per heavy atom. The van der Waals surface area contributed by atoms with Gasteiger partial charge in [0.25, 0.3) is 0 Å². The zero-order valence-corrected chi connectivity index (χ0v) is 10.4. The fraction of sp³-hybridized carbons (Fsp3) is 0.636. The Kier molecular flexibility index (Phi) is 6.03. The highest BCUT2D eigenvalue weighted by molar-refractivity contribution is 7.09. The van der Waals surface area contributed by atoms with E-state index in [0.29, 0.717) is 6.61 Å². The van der Waals surface area contributed by atoms with Crippen LogP contribution in [-0.2, 0) is 22.4 Å². The number of carbonyl (C=O) groups is 1. The first-order valence-corrected chi connectivity index (χ1v) is 6.43. The van der Waals surface area contributed by atoms with Crippen molar-refractivity contribution in [1.82, 2.24) is 4.98 Å². The Labute approximate surface area is 99.8 Å². The molecule has 0 saturated carbocycles. The van der Waals surface area contributed by atoms with Gasteiger partial charge in [0.15, 0.2) is 0 Å². The largest absolute Gasteiger partial charge is 0.466 e. The molecule has 1 aromatic heterocycles. The van der Waals surface area contributed by atoms with Crippen LogP contribution in [0.25, 0.3) is 0 Å². The highest BCUT2D eigenvalue weighted by Crippen LogP contribution is 2.13. The average molecular weight is 242 g/mol. The molecule has 0 fully saturated rings. The Hall–Kier alpha value is -0.940. The van der Waals surface area contributed by atoms with Gasteiger partial charge in [0.2, 0.25) is 0 Å². The molecule has 5 heteroatoms. The van der Waals surface area contributed by atoms with E-state index < -0.39 is 0 Å². The molecule has 0 radical (unpaired) electrons. The second-order valence-electron chi connectivity index (χ2n) is 3.46. The number of nitrogens with zero attached hydrogens (tertiary/aromatic N) is 1. The molecule has 0 atom stereocenters. The summed E-state index contributed by atoms with van der Waals surface area (Å²) >= 11 is 1.60. The molecule has 0 aliphatic heterocycles. The summed E-state index contributed by atoms with van der Waals surface area (Å²) in [6, 6.07) is 0. The van der Waals surface area contributed by atoms with Crippen LogP contribution in [0.15, 0.2) is 5.38 Å². The van der Waals surface area contributed by atoms with Crippen molar-refractivity contribution in [2.24, 2.45) is 5.73 Å². The standard InChI is InChI=1S/C11H18N2O2S/c1-2-15-11(14)7-9-8-16-10(13-9)5-3-4-6-12/h8H,2-7,12H2,1H3. The molecule has 4 nitrogen and oxygen atoms in total. The second-order valence-corrected chi connectivity index (χ2v) is 4.40. The molecular formula is C11H18N2O2S. The minimum Gasteiger partial charge on any atom is -0.466 e. The van der Waals surface area contributed by atoms with E-state index in [1.807, 2.05) is 5.38 Å². The summed E-state index contributed by atoms with van der Waals surface area (Å²) in [6.07, 6.45) is 3.31. The van der Waals surface area contributed by atoms with E-state index in [2.05, 4.69) is 4.98 Å². The zero-order valence-electron chi connectivity index (χ0n) is 9.57. The lowest BCUT2D eigenvalue weighted by molar-refractivity contribution is -0.142. The highest BCUT2D eigenvalue weighted by atomic mass is 32.1. The first-order valence-electron chi connectivity index (χ1n) is 5.55. The molecule has 0 aliphatic carbocycles. The molecule has 0 unspecified atom stereocenters. The lowest BCUT2D eigenvalue weighted by Gasteiger charge is -1.98. The van der Waals surface area contributed by atoms with E-state index in [9.17, 15) is 4.79 Å². The van der Waals surface area contributed by atoms with Crippen LogP contribution in [-0.4, -0.2) is 24.1 Å². The molecular weight excluding hydrogens is 224 g/mol. The first-order chi connectivity index (χ1) is 7.76. The molecule has 0 amide bonds. The number of carbonyl (C=O) groups excluding carboxylic acids is 1. The Morgan fingerprint density at radius 1 is 1.56 bits per heavy atom. The fourth-order valence-corrected chi connectivity index (χ4v) is 2.17. The summed E-state index contributed by atoms with van der Waals surface area (Å²) in [5.74, 6) is -0.207. The average Bonchev–Trinajstić information content (AvgIpc) is 2.66. The van der Waals surface area contributed by atoms with Crippen molar-refractivity contribution >= 4 is 17.3 Å². The monoisotopic (exact) mass is 242 g/mol. The third-order valence-electron chi connectivity index (χ3n) is 2.07. The van der Waals surface area contributed by atoms with Crippen LogP contribution in [0.1, 0.15) is 30.5 Å². The maximum atomic E-state index is 11.2. The first kappa shape index (κ1) is 13.1. The normalized spacial score (nSPS) is 10.4. The third kappa shape index (κ3) is 4.72. The number of esters is 1. The van der Waals surface area contributed by atoms with Gasteiger partial charge in [-0.1, -0.05) is 0 Å². The molecule has 2 N–H and O–H groups in total. The van der Waals surface area contributed by atoms with Crippen molar-refractivity contribution in [1.29, 1.82) is 0 Å². The van der Waals surface area contributed by atoms with Crippen LogP contribution in [0, 0.1) is 0 Å². The SMILES string of the molecule is CCOC(=O)Cc1csc(CCCCN)n1. The van der Waals surface area contributed by atoms with Crippen LogP contribution in [0.5, 0.6) is 0 Å². The number of aromatic nitrogens is 1. The number of nitrogens with two attached hydrogens (primary N) is 1. The van der Waals surface area contributed by atoms with Gasteiger partial charge in [-0.25, -0.2) is 4.98 Å². The summed E-state index contributed by atoms with van der Waals surface area (Å²) < 4.78 is 4.86. The van der Waals surface area contributed by atoms with E-state index in [1.54, 1.807) is 18.3 Å². The number of ether oxygens (including phenoxy) is 1. The molecule has 90 valence electrons. The van der Waals surface area contributed by atoms with E-state index in [0.717, 1.165) is 36.5 Å². The topological polar surface area (TPSA) is 65.2 Å². The van der Waals surface area contributed by atoms with Gasteiger partial charge in [-0.15, -0.1) is 11.3 Å². The van der Waals surface area contributed by atoms with Gasteiger partial charge >= 0.3 is 5.97 Å². The predicted molar refractivity (Wildman–Crippen MR) is 64.4 cm³/mol. The molecule has 1 heterocycles. The van der Waals surface area contributed by atoms with Crippen molar-refractivity contribution in [2.75, 3.05) is 13.2 Å². The molecule has 0 bridgehead atoms. The smallest absolute Gasteiger partial charge is 0.311 e. The van der Waals surface area contributed by atoms with Crippen LogP contribution in [0.2, 0.25) is 0 Å². The van der Waals surface area contributed by atoms with Crippen molar-refractivity contribution < 1.29 is 9.53 Å². The number of unbranched alkanes of at least 4 members (excludes halogenated alkanes) is 1. The Bertz CT molecular complexity index is 326. The van der Waals surface area contributed by atoms with Crippen molar-refractivity contribution in [3.05, 3.63) is 16.1 Å². The van der Waals surface area contributed by atoms with Gasteiger partial charge in [-0.05, 0) is 32.7 Å². The van der Waals surface area contributed by atoms with Gasteiger partial charge in [-0.3, -0.25) is 4.79 Å². The van der Waals surface area contributed by atoms with E-state index in [-0.39, 0.29) is 12.4 Å². The Balaban J connectivity index is 2.36. The summed E-state index contributed by atoms with van der Waals surface area (Å²) in [6.45, 7) is 2.95. The quantitative estimate of drug-likeness (QED) is 0.581. The molecule has 1 rings (SSSR count). The van der Waals surface area contributed by atoms with Crippen LogP contribution in [0.4, 0.5) is 0 Å². The summed E-state index contributed by atoms with van der Waals surface area (Å²) in [7, 11) is 0. The number of hydrogen-bond acceptors (Lipinski definition) is 5. The molecule has 0 aliphatic rings. The van der Waals surface area contributed by atoms with Crippen molar-refractivity contribution in [3.8, 4) is 0 Å². The van der Waals surface area contributed by atoms with E-state index in [1.165, 1.54) is 0 Å². The van der Waals surface area contributed by atoms with Gasteiger partial charge in [0.1, 0.15) is 0 Å². The minimum absolute atomic E-state index is 0.207. The maximum Gasteiger partial charge on any atom is 0.311 e. The molecule has 16 heavy (non-hydrogen) atoms. The Morgan fingerprint density at radius 2 is 2.38 bits per heavy atom. The summed E-state index contributed by atoms with van der Waals surface area (Å²) in [5, 5.41) is 3.00. The number of thiazole rings is 1.